The molecule has 0 heterocycles. The molecule has 15 heavy (non-hydrogen) atoms. The van der Waals surface area contributed by atoms with E-state index >= 15 is 0 Å². The Hall–Kier alpha value is -1.57. The molecule has 1 aromatic rings. The normalized spacial score (nSPS) is 9.47. The van der Waals surface area contributed by atoms with Gasteiger partial charge in [0.2, 0.25) is 0 Å². The van der Waals surface area contributed by atoms with Gasteiger partial charge in [-0.3, -0.25) is 0 Å². The van der Waals surface area contributed by atoms with Gasteiger partial charge in [0.25, 0.3) is 0 Å². The average molecular weight is 225 g/mol. The summed E-state index contributed by atoms with van der Waals surface area (Å²) in [4.78, 5) is 11.3. The topological polar surface area (TPSA) is 76.1 Å². The molecular formula is C10H9ClN2O2. The third kappa shape index (κ3) is 2.27. The second kappa shape index (κ2) is 4.78. The van der Waals surface area contributed by atoms with Gasteiger partial charge < -0.3 is 10.5 Å². The van der Waals surface area contributed by atoms with Crippen LogP contribution in [0, 0.1) is 11.3 Å². The Bertz CT molecular complexity index is 438. The fraction of sp³-hybridized carbons (Fsp3) is 0.200. The maximum absolute atomic E-state index is 11.3. The SMILES string of the molecule is COC(=O)c1cc(C#N)cc(CN)c1Cl. The standard InChI is InChI=1S/C10H9ClN2O2/c1-15-10(14)8-3-6(4-12)2-7(5-13)9(8)11/h2-3H,5,13H2,1H3. The smallest absolute Gasteiger partial charge is 0.339 e. The minimum atomic E-state index is -0.577. The number of hydrogen-bond acceptors (Lipinski definition) is 4. The predicted octanol–water partition coefficient (Wildman–Crippen LogP) is 1.46. The number of nitriles is 1. The zero-order valence-electron chi connectivity index (χ0n) is 8.08. The molecule has 0 amide bonds. The van der Waals surface area contributed by atoms with Gasteiger partial charge in [0.15, 0.2) is 0 Å². The van der Waals surface area contributed by atoms with Gasteiger partial charge in [-0.25, -0.2) is 4.79 Å². The zero-order chi connectivity index (χ0) is 11.4. The van der Waals surface area contributed by atoms with Gasteiger partial charge in [-0.2, -0.15) is 5.26 Å². The van der Waals surface area contributed by atoms with E-state index in [-0.39, 0.29) is 17.1 Å². The number of hydrogen-bond donors (Lipinski definition) is 1. The number of methoxy groups -OCH3 is 1. The van der Waals surface area contributed by atoms with Crippen LogP contribution in [0.3, 0.4) is 0 Å². The fourth-order valence-corrected chi connectivity index (χ4v) is 1.42. The largest absolute Gasteiger partial charge is 0.465 e. The number of esters is 1. The van der Waals surface area contributed by atoms with Gasteiger partial charge in [-0.05, 0) is 17.7 Å². The average Bonchev–Trinajstić information content (AvgIpc) is 2.28. The Morgan fingerprint density at radius 3 is 2.80 bits per heavy atom. The molecule has 0 spiro atoms. The number of carbonyl (C=O) groups is 1. The van der Waals surface area contributed by atoms with E-state index in [9.17, 15) is 4.79 Å². The molecule has 0 aliphatic rings. The fourth-order valence-electron chi connectivity index (χ4n) is 1.16. The third-order valence-electron chi connectivity index (χ3n) is 1.90. The van der Waals surface area contributed by atoms with Crippen molar-refractivity contribution in [1.29, 1.82) is 5.26 Å². The first kappa shape index (κ1) is 11.5. The first-order valence-electron chi connectivity index (χ1n) is 4.15. The molecule has 4 nitrogen and oxygen atoms in total. The van der Waals surface area contributed by atoms with Crippen LogP contribution in [0.5, 0.6) is 0 Å². The Morgan fingerprint density at radius 1 is 1.67 bits per heavy atom. The van der Waals surface area contributed by atoms with Crippen molar-refractivity contribution in [2.75, 3.05) is 7.11 Å². The summed E-state index contributed by atoms with van der Waals surface area (Å²) in [6.45, 7) is 0.165. The van der Waals surface area contributed by atoms with Gasteiger partial charge in [0.1, 0.15) is 0 Å². The van der Waals surface area contributed by atoms with E-state index in [1.54, 1.807) is 6.07 Å². The molecule has 1 aromatic carbocycles. The number of rotatable bonds is 2. The number of benzene rings is 1. The summed E-state index contributed by atoms with van der Waals surface area (Å²) in [5, 5.41) is 8.98. The lowest BCUT2D eigenvalue weighted by molar-refractivity contribution is 0.0601. The van der Waals surface area contributed by atoms with Crippen LogP contribution in [0.15, 0.2) is 12.1 Å². The molecule has 0 aromatic heterocycles. The van der Waals surface area contributed by atoms with Crippen molar-refractivity contribution in [2.24, 2.45) is 5.73 Å². The molecule has 78 valence electrons. The summed E-state index contributed by atoms with van der Waals surface area (Å²) in [6, 6.07) is 4.86. The molecule has 0 saturated heterocycles. The number of carbonyl (C=O) groups excluding carboxylic acids is 1. The van der Waals surface area contributed by atoms with E-state index in [1.165, 1.54) is 13.2 Å². The highest BCUT2D eigenvalue weighted by molar-refractivity contribution is 6.34. The van der Waals surface area contributed by atoms with Gasteiger partial charge in [0.05, 0.1) is 29.3 Å². The van der Waals surface area contributed by atoms with E-state index in [1.807, 2.05) is 6.07 Å². The van der Waals surface area contributed by atoms with E-state index in [0.717, 1.165) is 0 Å². The first-order valence-corrected chi connectivity index (χ1v) is 4.52. The second-order valence-corrected chi connectivity index (χ2v) is 3.18. The number of halogens is 1. The number of ether oxygens (including phenoxy) is 1. The molecule has 0 unspecified atom stereocenters. The van der Waals surface area contributed by atoms with Crippen molar-refractivity contribution in [1.82, 2.24) is 0 Å². The Labute approximate surface area is 92.2 Å². The Balaban J connectivity index is 3.38. The minimum Gasteiger partial charge on any atom is -0.465 e. The molecule has 1 rings (SSSR count). The first-order chi connectivity index (χ1) is 7.13. The van der Waals surface area contributed by atoms with Crippen molar-refractivity contribution < 1.29 is 9.53 Å². The predicted molar refractivity (Wildman–Crippen MR) is 55.4 cm³/mol. The van der Waals surface area contributed by atoms with Crippen LogP contribution in [-0.2, 0) is 11.3 Å². The van der Waals surface area contributed by atoms with E-state index in [0.29, 0.717) is 11.1 Å². The molecule has 0 bridgehead atoms. The highest BCUT2D eigenvalue weighted by atomic mass is 35.5. The second-order valence-electron chi connectivity index (χ2n) is 2.80. The maximum Gasteiger partial charge on any atom is 0.339 e. The molecule has 2 N–H and O–H groups in total. The molecule has 0 atom stereocenters. The lowest BCUT2D eigenvalue weighted by atomic mass is 10.1. The van der Waals surface area contributed by atoms with Crippen LogP contribution >= 0.6 is 11.6 Å². The summed E-state index contributed by atoms with van der Waals surface area (Å²) in [7, 11) is 1.25. The van der Waals surface area contributed by atoms with Crippen LogP contribution in [-0.4, -0.2) is 13.1 Å². The van der Waals surface area contributed by atoms with Crippen LogP contribution in [0.1, 0.15) is 21.5 Å². The summed E-state index contributed by atoms with van der Waals surface area (Å²) in [5.41, 5.74) is 6.49. The van der Waals surface area contributed by atoms with Crippen molar-refractivity contribution in [3.63, 3.8) is 0 Å². The Kier molecular flexibility index (Phi) is 3.67. The van der Waals surface area contributed by atoms with Crippen molar-refractivity contribution >= 4 is 17.6 Å². The lowest BCUT2D eigenvalue weighted by Crippen LogP contribution is -2.07. The summed E-state index contributed by atoms with van der Waals surface area (Å²) in [6.07, 6.45) is 0. The van der Waals surface area contributed by atoms with Gasteiger partial charge >= 0.3 is 5.97 Å². The molecule has 0 aliphatic heterocycles. The van der Waals surface area contributed by atoms with E-state index in [2.05, 4.69) is 4.74 Å². The number of nitrogens with two attached hydrogens (primary N) is 1. The molecule has 0 fully saturated rings. The quantitative estimate of drug-likeness (QED) is 0.772. The highest BCUT2D eigenvalue weighted by Gasteiger charge is 2.15. The monoisotopic (exact) mass is 224 g/mol. The van der Waals surface area contributed by atoms with Crippen molar-refractivity contribution in [2.45, 2.75) is 6.54 Å². The molecule has 5 heteroatoms. The molecule has 0 saturated carbocycles. The van der Waals surface area contributed by atoms with Gasteiger partial charge in [-0.15, -0.1) is 0 Å². The zero-order valence-corrected chi connectivity index (χ0v) is 8.84. The van der Waals surface area contributed by atoms with Crippen molar-refractivity contribution in [3.8, 4) is 6.07 Å². The van der Waals surface area contributed by atoms with Crippen LogP contribution in [0.2, 0.25) is 5.02 Å². The maximum atomic E-state index is 11.3. The Morgan fingerprint density at radius 2 is 2.33 bits per heavy atom. The van der Waals surface area contributed by atoms with Gasteiger partial charge in [-0.1, -0.05) is 11.6 Å². The minimum absolute atomic E-state index is 0.165. The summed E-state index contributed by atoms with van der Waals surface area (Å²) >= 11 is 5.92. The summed E-state index contributed by atoms with van der Waals surface area (Å²) in [5.74, 6) is -0.577. The van der Waals surface area contributed by atoms with Crippen LogP contribution < -0.4 is 5.73 Å². The van der Waals surface area contributed by atoms with E-state index in [4.69, 9.17) is 22.6 Å². The molecular weight excluding hydrogens is 216 g/mol. The van der Waals surface area contributed by atoms with E-state index < -0.39 is 5.97 Å². The molecule has 0 radical (unpaired) electrons. The van der Waals surface area contributed by atoms with Crippen LogP contribution in [0.4, 0.5) is 0 Å². The third-order valence-corrected chi connectivity index (χ3v) is 2.35. The van der Waals surface area contributed by atoms with Gasteiger partial charge in [0, 0.05) is 6.54 Å². The molecule has 0 aliphatic carbocycles. The number of nitrogens with zero attached hydrogens (tertiary/aromatic N) is 1. The summed E-state index contributed by atoms with van der Waals surface area (Å²) < 4.78 is 4.54. The lowest BCUT2D eigenvalue weighted by Gasteiger charge is -2.07. The highest BCUT2D eigenvalue weighted by Crippen LogP contribution is 2.23. The van der Waals surface area contributed by atoms with Crippen LogP contribution in [0.25, 0.3) is 0 Å². The van der Waals surface area contributed by atoms with Crippen molar-refractivity contribution in [3.05, 3.63) is 33.8 Å².